The molecular formula is C21H25N3O5. The topological polar surface area (TPSA) is 101 Å². The van der Waals surface area contributed by atoms with Gasteiger partial charge in [0, 0.05) is 18.8 Å². The van der Waals surface area contributed by atoms with Gasteiger partial charge in [0.1, 0.15) is 5.76 Å². The number of para-hydroxylation sites is 1. The zero-order valence-corrected chi connectivity index (χ0v) is 16.3. The second-order valence-electron chi connectivity index (χ2n) is 6.97. The summed E-state index contributed by atoms with van der Waals surface area (Å²) in [6, 6.07) is 12.2. The summed E-state index contributed by atoms with van der Waals surface area (Å²) in [4.78, 5) is 38.2. The monoisotopic (exact) mass is 399 g/mol. The van der Waals surface area contributed by atoms with Crippen LogP contribution >= 0.6 is 0 Å². The Morgan fingerprint density at radius 2 is 1.86 bits per heavy atom. The number of urea groups is 1. The van der Waals surface area contributed by atoms with Crippen molar-refractivity contribution in [2.45, 2.75) is 25.8 Å². The van der Waals surface area contributed by atoms with E-state index in [1.54, 1.807) is 24.0 Å². The largest absolute Gasteiger partial charge is 0.467 e. The van der Waals surface area contributed by atoms with Crippen LogP contribution in [0.15, 0.2) is 53.1 Å². The number of furan rings is 1. The van der Waals surface area contributed by atoms with Gasteiger partial charge < -0.3 is 24.7 Å². The minimum atomic E-state index is -0.408. The summed E-state index contributed by atoms with van der Waals surface area (Å²) in [5, 5.41) is 5.55. The Kier molecular flexibility index (Phi) is 6.89. The number of benzene rings is 1. The summed E-state index contributed by atoms with van der Waals surface area (Å²) in [5.41, 5.74) is 0.730. The number of piperidine rings is 1. The van der Waals surface area contributed by atoms with Crippen molar-refractivity contribution < 1.29 is 23.5 Å². The van der Waals surface area contributed by atoms with E-state index in [0.717, 1.165) is 5.69 Å². The number of anilines is 1. The van der Waals surface area contributed by atoms with Crippen LogP contribution in [-0.4, -0.2) is 42.5 Å². The molecule has 0 radical (unpaired) electrons. The molecule has 154 valence electrons. The lowest BCUT2D eigenvalue weighted by molar-refractivity contribution is -0.154. The smallest absolute Gasteiger partial charge is 0.321 e. The first-order valence-electron chi connectivity index (χ1n) is 9.63. The van der Waals surface area contributed by atoms with Crippen LogP contribution in [0.2, 0.25) is 0 Å². The molecule has 1 atom stereocenters. The van der Waals surface area contributed by atoms with E-state index in [1.165, 1.54) is 6.26 Å². The third-order valence-electron chi connectivity index (χ3n) is 4.83. The Balaban J connectivity index is 1.37. The van der Waals surface area contributed by atoms with Gasteiger partial charge in [0.05, 0.1) is 18.2 Å². The molecular weight excluding hydrogens is 374 g/mol. The van der Waals surface area contributed by atoms with E-state index >= 15 is 0 Å². The van der Waals surface area contributed by atoms with Crippen molar-refractivity contribution in [1.82, 2.24) is 10.2 Å². The van der Waals surface area contributed by atoms with E-state index in [1.807, 2.05) is 30.3 Å². The SMILES string of the molecule is C[C@H](NC(=O)COC(=O)C1CCN(C(=O)Nc2ccccc2)CC1)c1ccco1. The third-order valence-corrected chi connectivity index (χ3v) is 4.83. The van der Waals surface area contributed by atoms with E-state index in [0.29, 0.717) is 31.7 Å². The van der Waals surface area contributed by atoms with Crippen molar-refractivity contribution >= 4 is 23.6 Å². The number of hydrogen-bond donors (Lipinski definition) is 2. The quantitative estimate of drug-likeness (QED) is 0.728. The van der Waals surface area contributed by atoms with Crippen LogP contribution in [-0.2, 0) is 14.3 Å². The number of nitrogens with zero attached hydrogens (tertiary/aromatic N) is 1. The average Bonchev–Trinajstić information content (AvgIpc) is 3.28. The molecule has 1 fully saturated rings. The molecule has 1 saturated heterocycles. The van der Waals surface area contributed by atoms with Crippen LogP contribution in [0.1, 0.15) is 31.6 Å². The fourth-order valence-electron chi connectivity index (χ4n) is 3.19. The second-order valence-corrected chi connectivity index (χ2v) is 6.97. The number of ether oxygens (including phenoxy) is 1. The van der Waals surface area contributed by atoms with Crippen LogP contribution in [0.3, 0.4) is 0 Å². The number of rotatable bonds is 6. The summed E-state index contributed by atoms with van der Waals surface area (Å²) >= 11 is 0. The molecule has 1 aromatic heterocycles. The zero-order chi connectivity index (χ0) is 20.6. The Morgan fingerprint density at radius 3 is 2.52 bits per heavy atom. The van der Waals surface area contributed by atoms with Gasteiger partial charge in [0.25, 0.3) is 5.91 Å². The second kappa shape index (κ2) is 9.77. The highest BCUT2D eigenvalue weighted by Gasteiger charge is 2.29. The minimum absolute atomic E-state index is 0.186. The van der Waals surface area contributed by atoms with E-state index < -0.39 is 5.97 Å². The molecule has 3 rings (SSSR count). The fraction of sp³-hybridized carbons (Fsp3) is 0.381. The maximum atomic E-state index is 12.3. The van der Waals surface area contributed by atoms with Crippen LogP contribution < -0.4 is 10.6 Å². The molecule has 0 aliphatic carbocycles. The predicted octanol–water partition coefficient (Wildman–Crippen LogP) is 2.94. The maximum Gasteiger partial charge on any atom is 0.321 e. The van der Waals surface area contributed by atoms with Crippen molar-refractivity contribution in [1.29, 1.82) is 0 Å². The van der Waals surface area contributed by atoms with E-state index in [-0.39, 0.29) is 30.5 Å². The summed E-state index contributed by atoms with van der Waals surface area (Å²) in [5.74, 6) is -0.479. The standard InChI is InChI=1S/C21H25N3O5/c1-15(18-8-5-13-28-18)22-19(25)14-29-20(26)16-9-11-24(12-10-16)21(27)23-17-6-3-2-4-7-17/h2-8,13,15-16H,9-12,14H2,1H3,(H,22,25)(H,23,27)/t15-/m0/s1. The van der Waals surface area contributed by atoms with Gasteiger partial charge in [0.2, 0.25) is 0 Å². The van der Waals surface area contributed by atoms with Crippen LogP contribution in [0.5, 0.6) is 0 Å². The molecule has 1 aromatic carbocycles. The third kappa shape index (κ3) is 5.84. The summed E-state index contributed by atoms with van der Waals surface area (Å²) < 4.78 is 10.4. The highest BCUT2D eigenvalue weighted by atomic mass is 16.5. The molecule has 0 bridgehead atoms. The van der Waals surface area contributed by atoms with Gasteiger partial charge in [-0.3, -0.25) is 9.59 Å². The van der Waals surface area contributed by atoms with E-state index in [9.17, 15) is 14.4 Å². The number of likely N-dealkylation sites (tertiary alicyclic amines) is 1. The van der Waals surface area contributed by atoms with Gasteiger partial charge >= 0.3 is 12.0 Å². The molecule has 1 aliphatic heterocycles. The normalized spacial score (nSPS) is 15.4. The van der Waals surface area contributed by atoms with Crippen molar-refractivity contribution in [3.8, 4) is 0 Å². The lowest BCUT2D eigenvalue weighted by Gasteiger charge is -2.30. The lowest BCUT2D eigenvalue weighted by Crippen LogP contribution is -2.43. The number of carbonyl (C=O) groups excluding carboxylic acids is 3. The van der Waals surface area contributed by atoms with Gasteiger partial charge in [-0.15, -0.1) is 0 Å². The van der Waals surface area contributed by atoms with Gasteiger partial charge in [-0.25, -0.2) is 4.79 Å². The maximum absolute atomic E-state index is 12.3. The first-order chi connectivity index (χ1) is 14.0. The molecule has 0 unspecified atom stereocenters. The van der Waals surface area contributed by atoms with Gasteiger partial charge in [0.15, 0.2) is 6.61 Å². The minimum Gasteiger partial charge on any atom is -0.467 e. The Hall–Kier alpha value is -3.29. The molecule has 8 heteroatoms. The molecule has 2 N–H and O–H groups in total. The van der Waals surface area contributed by atoms with Crippen LogP contribution in [0.4, 0.5) is 10.5 Å². The number of nitrogens with one attached hydrogen (secondary N) is 2. The van der Waals surface area contributed by atoms with E-state index in [2.05, 4.69) is 10.6 Å². The molecule has 2 aromatic rings. The molecule has 0 saturated carbocycles. The van der Waals surface area contributed by atoms with Crippen molar-refractivity contribution in [3.05, 3.63) is 54.5 Å². The molecule has 2 heterocycles. The number of hydrogen-bond acceptors (Lipinski definition) is 5. The first-order valence-corrected chi connectivity index (χ1v) is 9.63. The predicted molar refractivity (Wildman–Crippen MR) is 106 cm³/mol. The van der Waals surface area contributed by atoms with Crippen LogP contribution in [0, 0.1) is 5.92 Å². The van der Waals surface area contributed by atoms with E-state index in [4.69, 9.17) is 9.15 Å². The average molecular weight is 399 g/mol. The van der Waals surface area contributed by atoms with Gasteiger partial charge in [-0.2, -0.15) is 0 Å². The number of carbonyl (C=O) groups is 3. The Bertz CT molecular complexity index is 814. The fourth-order valence-corrected chi connectivity index (χ4v) is 3.19. The number of esters is 1. The van der Waals surface area contributed by atoms with Gasteiger partial charge in [-0.05, 0) is 44.0 Å². The summed E-state index contributed by atoms with van der Waals surface area (Å²) in [6.07, 6.45) is 2.54. The van der Waals surface area contributed by atoms with Crippen LogP contribution in [0.25, 0.3) is 0 Å². The molecule has 3 amide bonds. The zero-order valence-electron chi connectivity index (χ0n) is 16.3. The summed E-state index contributed by atoms with van der Waals surface area (Å²) in [6.45, 7) is 2.37. The molecule has 0 spiro atoms. The Morgan fingerprint density at radius 1 is 1.14 bits per heavy atom. The van der Waals surface area contributed by atoms with Crippen molar-refractivity contribution in [3.63, 3.8) is 0 Å². The highest BCUT2D eigenvalue weighted by molar-refractivity contribution is 5.89. The first kappa shape index (κ1) is 20.4. The highest BCUT2D eigenvalue weighted by Crippen LogP contribution is 2.20. The summed E-state index contributed by atoms with van der Waals surface area (Å²) in [7, 11) is 0. The van der Waals surface area contributed by atoms with Crippen molar-refractivity contribution in [2.24, 2.45) is 5.92 Å². The molecule has 8 nitrogen and oxygen atoms in total. The van der Waals surface area contributed by atoms with Crippen molar-refractivity contribution in [2.75, 3.05) is 25.0 Å². The van der Waals surface area contributed by atoms with Gasteiger partial charge in [-0.1, -0.05) is 18.2 Å². The molecule has 1 aliphatic rings. The number of amides is 3. The lowest BCUT2D eigenvalue weighted by atomic mass is 9.97. The Labute approximate surface area is 169 Å². The molecule has 29 heavy (non-hydrogen) atoms.